The van der Waals surface area contributed by atoms with Gasteiger partial charge in [-0.1, -0.05) is 60.1 Å². The molecule has 0 N–H and O–H groups in total. The Balaban J connectivity index is 1.21. The van der Waals surface area contributed by atoms with Crippen molar-refractivity contribution in [1.29, 1.82) is 0 Å². The molecule has 0 fully saturated rings. The molecule has 4 aromatic carbocycles. The minimum Gasteiger partial charge on any atom is -0.484 e. The van der Waals surface area contributed by atoms with Crippen LogP contribution >= 0.6 is 11.6 Å². The van der Waals surface area contributed by atoms with Gasteiger partial charge in [-0.3, -0.25) is 0 Å². The third-order valence-corrected chi connectivity index (χ3v) is 7.86. The predicted molar refractivity (Wildman–Crippen MR) is 162 cm³/mol. The SMILES string of the molecule is Cn1cc(C(c2ccc(OCc3nnc(-c4ccc(Cl)cc4)o3)cc2)c2cn(C)c3ccccc23)c2ccccc21. The molecule has 0 saturated carbocycles. The first kappa shape index (κ1) is 25.2. The molecule has 0 unspecified atom stereocenters. The van der Waals surface area contributed by atoms with E-state index in [2.05, 4.69) is 106 Å². The van der Waals surface area contributed by atoms with Crippen molar-refractivity contribution in [2.24, 2.45) is 14.1 Å². The summed E-state index contributed by atoms with van der Waals surface area (Å²) in [6.45, 7) is 0.177. The van der Waals surface area contributed by atoms with Crippen molar-refractivity contribution in [3.63, 3.8) is 0 Å². The molecule has 0 atom stereocenters. The molecule has 6 nitrogen and oxygen atoms in total. The van der Waals surface area contributed by atoms with Gasteiger partial charge >= 0.3 is 0 Å². The molecule has 0 aliphatic heterocycles. The van der Waals surface area contributed by atoms with E-state index in [0.717, 1.165) is 11.3 Å². The van der Waals surface area contributed by atoms with Gasteiger partial charge in [0.15, 0.2) is 6.61 Å². The molecular weight excluding hydrogens is 532 g/mol. The summed E-state index contributed by atoms with van der Waals surface area (Å²) >= 11 is 5.99. The van der Waals surface area contributed by atoms with Crippen LogP contribution < -0.4 is 4.74 Å². The average Bonchev–Trinajstić information content (AvgIpc) is 3.70. The number of halogens is 1. The van der Waals surface area contributed by atoms with E-state index >= 15 is 0 Å². The van der Waals surface area contributed by atoms with Gasteiger partial charge in [-0.2, -0.15) is 0 Å². The van der Waals surface area contributed by atoms with Gasteiger partial charge in [-0.05, 0) is 65.2 Å². The maximum atomic E-state index is 6.03. The molecule has 41 heavy (non-hydrogen) atoms. The van der Waals surface area contributed by atoms with E-state index in [4.69, 9.17) is 20.8 Å². The smallest absolute Gasteiger partial charge is 0.254 e. The number of ether oxygens (including phenoxy) is 1. The number of nitrogens with zero attached hydrogens (tertiary/aromatic N) is 4. The van der Waals surface area contributed by atoms with Crippen LogP contribution in [0.5, 0.6) is 5.75 Å². The number of hydrogen-bond acceptors (Lipinski definition) is 4. The fourth-order valence-electron chi connectivity index (χ4n) is 5.66. The maximum Gasteiger partial charge on any atom is 0.254 e. The molecule has 0 spiro atoms. The molecule has 7 heteroatoms. The molecule has 3 heterocycles. The Labute approximate surface area is 242 Å². The van der Waals surface area contributed by atoms with Crippen LogP contribution in [0.1, 0.15) is 28.5 Å². The third kappa shape index (κ3) is 4.66. The molecule has 0 bridgehead atoms. The fourth-order valence-corrected chi connectivity index (χ4v) is 5.78. The van der Waals surface area contributed by atoms with Crippen LogP contribution in [-0.4, -0.2) is 19.3 Å². The van der Waals surface area contributed by atoms with Crippen molar-refractivity contribution in [3.8, 4) is 17.2 Å². The van der Waals surface area contributed by atoms with Gasteiger partial charge < -0.3 is 18.3 Å². The van der Waals surface area contributed by atoms with Gasteiger partial charge in [-0.15, -0.1) is 10.2 Å². The monoisotopic (exact) mass is 558 g/mol. The van der Waals surface area contributed by atoms with Gasteiger partial charge in [0.1, 0.15) is 5.75 Å². The zero-order chi connectivity index (χ0) is 27.9. The Kier molecular flexibility index (Phi) is 6.33. The minimum absolute atomic E-state index is 0.0409. The molecular formula is C34H27ClN4O2. The Morgan fingerprint density at radius 1 is 0.732 bits per heavy atom. The summed E-state index contributed by atoms with van der Waals surface area (Å²) in [6, 6.07) is 32.8. The highest BCUT2D eigenvalue weighted by atomic mass is 35.5. The predicted octanol–water partition coefficient (Wildman–Crippen LogP) is 8.13. The zero-order valence-electron chi connectivity index (χ0n) is 22.7. The lowest BCUT2D eigenvalue weighted by atomic mass is 9.85. The van der Waals surface area contributed by atoms with E-state index in [1.165, 1.54) is 38.5 Å². The second-order valence-corrected chi connectivity index (χ2v) is 10.7. The second-order valence-electron chi connectivity index (χ2n) is 10.2. The first-order valence-corrected chi connectivity index (χ1v) is 13.8. The lowest BCUT2D eigenvalue weighted by molar-refractivity contribution is 0.264. The molecule has 3 aromatic heterocycles. The summed E-state index contributed by atoms with van der Waals surface area (Å²) in [5.41, 5.74) is 6.97. The van der Waals surface area contributed by atoms with Gasteiger partial charge in [0.05, 0.1) is 0 Å². The first-order chi connectivity index (χ1) is 20.0. The molecule has 0 amide bonds. The fraction of sp³-hybridized carbons (Fsp3) is 0.118. The summed E-state index contributed by atoms with van der Waals surface area (Å²) in [7, 11) is 4.22. The highest BCUT2D eigenvalue weighted by Gasteiger charge is 2.24. The van der Waals surface area contributed by atoms with Crippen molar-refractivity contribution < 1.29 is 9.15 Å². The number of aryl methyl sites for hydroxylation is 2. The van der Waals surface area contributed by atoms with Crippen LogP contribution in [-0.2, 0) is 20.7 Å². The van der Waals surface area contributed by atoms with Crippen molar-refractivity contribution in [2.45, 2.75) is 12.5 Å². The minimum atomic E-state index is 0.0409. The molecule has 0 radical (unpaired) electrons. The van der Waals surface area contributed by atoms with Crippen molar-refractivity contribution in [1.82, 2.24) is 19.3 Å². The van der Waals surface area contributed by atoms with Gasteiger partial charge in [0.2, 0.25) is 5.89 Å². The Hall–Kier alpha value is -4.81. The number of para-hydroxylation sites is 2. The molecule has 0 aliphatic rings. The largest absolute Gasteiger partial charge is 0.484 e. The topological polar surface area (TPSA) is 58.0 Å². The van der Waals surface area contributed by atoms with Crippen LogP contribution in [0.15, 0.2) is 114 Å². The van der Waals surface area contributed by atoms with E-state index in [9.17, 15) is 0 Å². The summed E-state index contributed by atoms with van der Waals surface area (Å²) in [6.07, 6.45) is 4.52. The summed E-state index contributed by atoms with van der Waals surface area (Å²) in [4.78, 5) is 0. The third-order valence-electron chi connectivity index (χ3n) is 7.61. The van der Waals surface area contributed by atoms with Crippen molar-refractivity contribution in [2.75, 3.05) is 0 Å². The average molecular weight is 559 g/mol. The van der Waals surface area contributed by atoms with Crippen LogP contribution in [0.25, 0.3) is 33.3 Å². The lowest BCUT2D eigenvalue weighted by Crippen LogP contribution is -2.03. The summed E-state index contributed by atoms with van der Waals surface area (Å²) in [5.74, 6) is 1.61. The van der Waals surface area contributed by atoms with E-state index in [-0.39, 0.29) is 12.5 Å². The second kappa shape index (κ2) is 10.3. The highest BCUT2D eigenvalue weighted by Crippen LogP contribution is 2.41. The standard InChI is InChI=1S/C34H27ClN4O2/c1-38-19-28(26-7-3-5-9-30(26)38)33(29-20-39(2)31-10-6-4-8-27(29)31)22-13-17-25(18-14-22)40-21-32-36-37-34(41-32)23-11-15-24(35)16-12-23/h3-20,33H,21H2,1-2H3. The first-order valence-electron chi connectivity index (χ1n) is 13.4. The number of rotatable bonds is 7. The number of aromatic nitrogens is 4. The number of fused-ring (bicyclic) bond motifs is 2. The lowest BCUT2D eigenvalue weighted by Gasteiger charge is -2.18. The normalized spacial score (nSPS) is 11.6. The van der Waals surface area contributed by atoms with Crippen LogP contribution in [0.4, 0.5) is 0 Å². The molecule has 7 aromatic rings. The number of benzene rings is 4. The Morgan fingerprint density at radius 3 is 1.93 bits per heavy atom. The van der Waals surface area contributed by atoms with Crippen molar-refractivity contribution in [3.05, 3.63) is 137 Å². The molecule has 0 aliphatic carbocycles. The molecule has 202 valence electrons. The molecule has 0 saturated heterocycles. The van der Waals surface area contributed by atoms with Crippen molar-refractivity contribution >= 4 is 33.4 Å². The van der Waals surface area contributed by atoms with Crippen LogP contribution in [0.2, 0.25) is 5.02 Å². The van der Waals surface area contributed by atoms with E-state index < -0.39 is 0 Å². The maximum absolute atomic E-state index is 6.03. The van der Waals surface area contributed by atoms with Gasteiger partial charge in [0.25, 0.3) is 5.89 Å². The summed E-state index contributed by atoms with van der Waals surface area (Å²) in [5, 5.41) is 11.4. The number of hydrogen-bond donors (Lipinski definition) is 0. The van der Waals surface area contributed by atoms with Crippen LogP contribution in [0, 0.1) is 0 Å². The van der Waals surface area contributed by atoms with E-state index in [1.54, 1.807) is 12.1 Å². The van der Waals surface area contributed by atoms with Gasteiger partial charge in [0, 0.05) is 64.8 Å². The Bertz CT molecular complexity index is 1900. The van der Waals surface area contributed by atoms with Crippen LogP contribution in [0.3, 0.4) is 0 Å². The summed E-state index contributed by atoms with van der Waals surface area (Å²) < 4.78 is 16.3. The Morgan fingerprint density at radius 2 is 1.32 bits per heavy atom. The quantitative estimate of drug-likeness (QED) is 0.198. The molecule has 7 rings (SSSR count). The van der Waals surface area contributed by atoms with E-state index in [1.807, 2.05) is 24.3 Å². The zero-order valence-corrected chi connectivity index (χ0v) is 23.4. The highest BCUT2D eigenvalue weighted by molar-refractivity contribution is 6.30. The van der Waals surface area contributed by atoms with Gasteiger partial charge in [-0.25, -0.2) is 0 Å². The van der Waals surface area contributed by atoms with E-state index in [0.29, 0.717) is 16.8 Å².